The van der Waals surface area contributed by atoms with Gasteiger partial charge in [0.05, 0.1) is 13.2 Å². The highest BCUT2D eigenvalue weighted by atomic mass is 19.4. The molecule has 39 heavy (non-hydrogen) atoms. The van der Waals surface area contributed by atoms with Crippen molar-refractivity contribution in [1.82, 2.24) is 4.90 Å². The molecule has 0 saturated carbocycles. The van der Waals surface area contributed by atoms with Gasteiger partial charge in [-0.25, -0.2) is 9.59 Å². The molecule has 2 aromatic carbocycles. The van der Waals surface area contributed by atoms with Gasteiger partial charge >= 0.3 is 18.4 Å². The summed E-state index contributed by atoms with van der Waals surface area (Å²) >= 11 is 0. The van der Waals surface area contributed by atoms with Crippen molar-refractivity contribution in [1.29, 1.82) is 0 Å². The molecule has 12 heteroatoms. The smallest absolute Gasteiger partial charge is 0.492 e. The van der Waals surface area contributed by atoms with Crippen molar-refractivity contribution in [2.45, 2.75) is 45.6 Å². The lowest BCUT2D eigenvalue weighted by molar-refractivity contribution is -0.275. The van der Waals surface area contributed by atoms with Gasteiger partial charge in [-0.05, 0) is 43.2 Å². The molecule has 2 aromatic rings. The number of unbranched alkanes of at least 4 members (excludes halogenated alkanes) is 1. The number of carboxylic acids is 1. The fraction of sp³-hybridized carbons (Fsp3) is 0.481. The van der Waals surface area contributed by atoms with Gasteiger partial charge in [-0.2, -0.15) is 0 Å². The van der Waals surface area contributed by atoms with Crippen molar-refractivity contribution in [3.8, 4) is 17.2 Å². The standard InChI is InChI=1S/C27H34F3NO8/c1-3-5-16-35-17-14-31(26(34)38-22-8-6-7-9-23(22)39-27(28,29)30)15-18-37-21-12-10-20(11-13-21)19-24(25(32)33)36-4-2/h6-13,24H,3-5,14-19H2,1-2H3,(H,32,33). The van der Waals surface area contributed by atoms with Gasteiger partial charge in [-0.15, -0.1) is 13.2 Å². The third kappa shape index (κ3) is 12.3. The molecule has 9 nitrogen and oxygen atoms in total. The predicted molar refractivity (Wildman–Crippen MR) is 135 cm³/mol. The Bertz CT molecular complexity index is 1020. The highest BCUT2D eigenvalue weighted by molar-refractivity contribution is 5.73. The van der Waals surface area contributed by atoms with Crippen molar-refractivity contribution in [2.75, 3.05) is 39.5 Å². The van der Waals surface area contributed by atoms with Crippen molar-refractivity contribution in [3.63, 3.8) is 0 Å². The largest absolute Gasteiger partial charge is 0.573 e. The molecule has 0 aliphatic carbocycles. The lowest BCUT2D eigenvalue weighted by Gasteiger charge is -2.23. The van der Waals surface area contributed by atoms with Crippen molar-refractivity contribution in [3.05, 3.63) is 54.1 Å². The minimum atomic E-state index is -4.95. The number of alkyl halides is 3. The minimum Gasteiger partial charge on any atom is -0.492 e. The number of carbonyl (C=O) groups excluding carboxylic acids is 1. The lowest BCUT2D eigenvalue weighted by atomic mass is 10.1. The van der Waals surface area contributed by atoms with Gasteiger partial charge in [0, 0.05) is 26.2 Å². The Morgan fingerprint density at radius 2 is 1.62 bits per heavy atom. The summed E-state index contributed by atoms with van der Waals surface area (Å²) in [5.74, 6) is -1.57. The molecule has 1 amide bonds. The molecule has 216 valence electrons. The first-order valence-corrected chi connectivity index (χ1v) is 12.6. The molecule has 0 spiro atoms. The summed E-state index contributed by atoms with van der Waals surface area (Å²) in [5, 5.41) is 9.24. The van der Waals surface area contributed by atoms with Gasteiger partial charge in [0.25, 0.3) is 0 Å². The Morgan fingerprint density at radius 1 is 0.949 bits per heavy atom. The fourth-order valence-electron chi connectivity index (χ4n) is 3.35. The van der Waals surface area contributed by atoms with Gasteiger partial charge in [0.15, 0.2) is 17.6 Å². The molecule has 0 heterocycles. The van der Waals surface area contributed by atoms with Crippen LogP contribution >= 0.6 is 0 Å². The molecule has 2 rings (SSSR count). The van der Waals surface area contributed by atoms with E-state index in [4.69, 9.17) is 18.9 Å². The number of nitrogens with zero attached hydrogens (tertiary/aromatic N) is 1. The Morgan fingerprint density at radius 3 is 2.23 bits per heavy atom. The zero-order valence-corrected chi connectivity index (χ0v) is 21.9. The molecular weight excluding hydrogens is 523 g/mol. The van der Waals surface area contributed by atoms with Crippen molar-refractivity contribution < 1.29 is 51.6 Å². The first kappa shape index (κ1) is 31.7. The highest BCUT2D eigenvalue weighted by Gasteiger charge is 2.33. The van der Waals surface area contributed by atoms with Crippen LogP contribution in [-0.2, 0) is 20.7 Å². The number of hydrogen-bond donors (Lipinski definition) is 1. The summed E-state index contributed by atoms with van der Waals surface area (Å²) < 4.78 is 63.8. The molecular formula is C27H34F3NO8. The Hall–Kier alpha value is -3.51. The SMILES string of the molecule is CCCCOCCN(CCOc1ccc(CC(OCC)C(=O)O)cc1)C(=O)Oc1ccccc1OC(F)(F)F. The van der Waals surface area contributed by atoms with E-state index in [1.165, 1.54) is 23.1 Å². The predicted octanol–water partition coefficient (Wildman–Crippen LogP) is 5.31. The maximum absolute atomic E-state index is 12.8. The average Bonchev–Trinajstić information content (AvgIpc) is 2.88. The van der Waals surface area contributed by atoms with Gasteiger partial charge in [-0.1, -0.05) is 37.6 Å². The monoisotopic (exact) mass is 557 g/mol. The number of rotatable bonds is 17. The van der Waals surface area contributed by atoms with Crippen LogP contribution in [0.25, 0.3) is 0 Å². The van der Waals surface area contributed by atoms with Crippen LogP contribution in [0.1, 0.15) is 32.3 Å². The Kier molecular flexibility index (Phi) is 13.4. The second-order valence-electron chi connectivity index (χ2n) is 8.29. The maximum Gasteiger partial charge on any atom is 0.573 e. The quantitative estimate of drug-likeness (QED) is 0.261. The van der Waals surface area contributed by atoms with Crippen LogP contribution < -0.4 is 14.2 Å². The molecule has 0 saturated heterocycles. The van der Waals surface area contributed by atoms with E-state index in [1.54, 1.807) is 31.2 Å². The summed E-state index contributed by atoms with van der Waals surface area (Å²) in [7, 11) is 0. The first-order valence-electron chi connectivity index (χ1n) is 12.6. The molecule has 0 fully saturated rings. The van der Waals surface area contributed by atoms with Gasteiger partial charge in [-0.3, -0.25) is 0 Å². The van der Waals surface area contributed by atoms with E-state index in [1.807, 2.05) is 6.92 Å². The summed E-state index contributed by atoms with van der Waals surface area (Å²) in [6, 6.07) is 11.8. The number of benzene rings is 2. The topological polar surface area (TPSA) is 104 Å². The number of para-hydroxylation sites is 2. The zero-order chi connectivity index (χ0) is 28.7. The van der Waals surface area contributed by atoms with Gasteiger partial charge in [0.2, 0.25) is 0 Å². The second kappa shape index (κ2) is 16.5. The van der Waals surface area contributed by atoms with Crippen molar-refractivity contribution >= 4 is 12.1 Å². The highest BCUT2D eigenvalue weighted by Crippen LogP contribution is 2.32. The fourth-order valence-corrected chi connectivity index (χ4v) is 3.35. The number of halogens is 3. The average molecular weight is 558 g/mol. The maximum atomic E-state index is 12.8. The number of hydrogen-bond acceptors (Lipinski definition) is 7. The second-order valence-corrected chi connectivity index (χ2v) is 8.29. The Labute approximate surface area is 225 Å². The third-order valence-electron chi connectivity index (χ3n) is 5.30. The first-order chi connectivity index (χ1) is 18.6. The molecule has 1 N–H and O–H groups in total. The van der Waals surface area contributed by atoms with E-state index in [-0.39, 0.29) is 45.1 Å². The van der Waals surface area contributed by atoms with Crippen LogP contribution in [-0.4, -0.2) is 74.1 Å². The molecule has 0 aliphatic heterocycles. The van der Waals surface area contributed by atoms with E-state index in [0.29, 0.717) is 12.4 Å². The summed E-state index contributed by atoms with van der Waals surface area (Å²) in [6.07, 6.45) is -4.80. The van der Waals surface area contributed by atoms with Crippen LogP contribution in [0, 0.1) is 0 Å². The summed E-state index contributed by atoms with van der Waals surface area (Å²) in [5.41, 5.74) is 0.748. The number of aliphatic carboxylic acids is 1. The molecule has 0 bridgehead atoms. The third-order valence-corrected chi connectivity index (χ3v) is 5.30. The lowest BCUT2D eigenvalue weighted by Crippen LogP contribution is -2.39. The van der Waals surface area contributed by atoms with E-state index >= 15 is 0 Å². The van der Waals surface area contributed by atoms with Crippen LogP contribution in [0.5, 0.6) is 17.2 Å². The van der Waals surface area contributed by atoms with Crippen LogP contribution in [0.2, 0.25) is 0 Å². The number of carbonyl (C=O) groups is 2. The summed E-state index contributed by atoms with van der Waals surface area (Å²) in [6.45, 7) is 4.97. The van der Waals surface area contributed by atoms with Crippen LogP contribution in [0.3, 0.4) is 0 Å². The number of amides is 1. The van der Waals surface area contributed by atoms with E-state index in [0.717, 1.165) is 24.5 Å². The molecule has 0 aliphatic rings. The number of ether oxygens (including phenoxy) is 5. The minimum absolute atomic E-state index is 0.0564. The van der Waals surface area contributed by atoms with E-state index in [9.17, 15) is 27.9 Å². The van der Waals surface area contributed by atoms with E-state index in [2.05, 4.69) is 4.74 Å². The molecule has 0 aromatic heterocycles. The molecule has 0 radical (unpaired) electrons. The number of carboxylic acid groups (broad SMARTS) is 1. The van der Waals surface area contributed by atoms with Gasteiger partial charge in [0.1, 0.15) is 12.4 Å². The molecule has 1 atom stereocenters. The van der Waals surface area contributed by atoms with Crippen LogP contribution in [0.15, 0.2) is 48.5 Å². The zero-order valence-electron chi connectivity index (χ0n) is 21.9. The van der Waals surface area contributed by atoms with E-state index < -0.39 is 30.3 Å². The summed E-state index contributed by atoms with van der Waals surface area (Å²) in [4.78, 5) is 25.4. The molecule has 1 unspecified atom stereocenters. The van der Waals surface area contributed by atoms with Gasteiger partial charge < -0.3 is 33.7 Å². The Balaban J connectivity index is 1.99. The normalized spacial score (nSPS) is 12.0. The van der Waals surface area contributed by atoms with Crippen molar-refractivity contribution in [2.24, 2.45) is 0 Å². The van der Waals surface area contributed by atoms with Crippen LogP contribution in [0.4, 0.5) is 18.0 Å².